The van der Waals surface area contributed by atoms with Gasteiger partial charge in [-0.1, -0.05) is 26.7 Å². The van der Waals surface area contributed by atoms with Crippen molar-refractivity contribution in [3.05, 3.63) is 15.4 Å². The first-order chi connectivity index (χ1) is 8.81. The standard InChI is InChI=1S/C13H20BrNO2S2/c1-8-5-4-6-11(10(8)3)15-19(16,17)12-7-9(2)13(14)18-12/h7-8,10-11,15H,4-6H2,1-3H3. The van der Waals surface area contributed by atoms with E-state index in [-0.39, 0.29) is 6.04 Å². The quantitative estimate of drug-likeness (QED) is 0.881. The third-order valence-electron chi connectivity index (χ3n) is 4.11. The largest absolute Gasteiger partial charge is 0.250 e. The van der Waals surface area contributed by atoms with Crippen LogP contribution in [-0.2, 0) is 10.0 Å². The SMILES string of the molecule is Cc1cc(S(=O)(=O)NC2CCCC(C)C2C)sc1Br. The normalized spacial score (nSPS) is 28.5. The van der Waals surface area contributed by atoms with E-state index in [0.29, 0.717) is 16.0 Å². The lowest BCUT2D eigenvalue weighted by Gasteiger charge is -2.34. The molecule has 1 aromatic rings. The fourth-order valence-electron chi connectivity index (χ4n) is 2.57. The summed E-state index contributed by atoms with van der Waals surface area (Å²) in [5.41, 5.74) is 0.968. The first-order valence-corrected chi connectivity index (χ1v) is 9.69. The van der Waals surface area contributed by atoms with E-state index in [1.165, 1.54) is 17.8 Å². The average Bonchev–Trinajstić information content (AvgIpc) is 2.66. The van der Waals surface area contributed by atoms with E-state index in [4.69, 9.17) is 0 Å². The Balaban J connectivity index is 2.17. The van der Waals surface area contributed by atoms with Crippen molar-refractivity contribution in [1.82, 2.24) is 4.72 Å². The second-order valence-corrected chi connectivity index (χ2v) is 9.83. The van der Waals surface area contributed by atoms with Gasteiger partial charge in [-0.2, -0.15) is 0 Å². The van der Waals surface area contributed by atoms with Gasteiger partial charge in [-0.25, -0.2) is 13.1 Å². The van der Waals surface area contributed by atoms with E-state index in [0.717, 1.165) is 22.2 Å². The van der Waals surface area contributed by atoms with Gasteiger partial charge in [-0.3, -0.25) is 0 Å². The van der Waals surface area contributed by atoms with Crippen LogP contribution in [0.3, 0.4) is 0 Å². The van der Waals surface area contributed by atoms with Gasteiger partial charge in [0.15, 0.2) is 0 Å². The van der Waals surface area contributed by atoms with E-state index in [2.05, 4.69) is 34.5 Å². The molecule has 0 aromatic carbocycles. The molecule has 0 spiro atoms. The highest BCUT2D eigenvalue weighted by Gasteiger charge is 2.31. The molecule has 1 aliphatic carbocycles. The maximum Gasteiger partial charge on any atom is 0.250 e. The van der Waals surface area contributed by atoms with Crippen LogP contribution < -0.4 is 4.72 Å². The third-order valence-corrected chi connectivity index (χ3v) is 8.21. The predicted octanol–water partition coefficient (Wildman–Crippen LogP) is 3.92. The second kappa shape index (κ2) is 5.84. The highest BCUT2D eigenvalue weighted by Crippen LogP contribution is 2.33. The molecule has 6 heteroatoms. The molecule has 0 saturated heterocycles. The molecule has 1 heterocycles. The van der Waals surface area contributed by atoms with Gasteiger partial charge in [0.2, 0.25) is 10.0 Å². The Morgan fingerprint density at radius 3 is 2.63 bits per heavy atom. The molecule has 0 radical (unpaired) electrons. The van der Waals surface area contributed by atoms with Gasteiger partial charge >= 0.3 is 0 Å². The lowest BCUT2D eigenvalue weighted by atomic mass is 9.78. The molecule has 0 amide bonds. The molecular weight excluding hydrogens is 346 g/mol. The molecule has 1 aliphatic rings. The smallest absolute Gasteiger partial charge is 0.207 e. The molecule has 2 rings (SSSR count). The minimum Gasteiger partial charge on any atom is -0.207 e. The summed E-state index contributed by atoms with van der Waals surface area (Å²) >= 11 is 4.66. The summed E-state index contributed by atoms with van der Waals surface area (Å²) in [5, 5.41) is 0. The van der Waals surface area contributed by atoms with Gasteiger partial charge in [0.1, 0.15) is 4.21 Å². The molecule has 3 unspecified atom stereocenters. The molecule has 0 bridgehead atoms. The topological polar surface area (TPSA) is 46.2 Å². The Labute approximate surface area is 128 Å². The molecule has 19 heavy (non-hydrogen) atoms. The van der Waals surface area contributed by atoms with Crippen molar-refractivity contribution >= 4 is 37.3 Å². The zero-order valence-corrected chi connectivity index (χ0v) is 14.7. The summed E-state index contributed by atoms with van der Waals surface area (Å²) in [7, 11) is -3.38. The van der Waals surface area contributed by atoms with Crippen molar-refractivity contribution in [2.75, 3.05) is 0 Å². The van der Waals surface area contributed by atoms with Crippen molar-refractivity contribution in [1.29, 1.82) is 0 Å². The minimum atomic E-state index is -3.38. The lowest BCUT2D eigenvalue weighted by molar-refractivity contribution is 0.227. The van der Waals surface area contributed by atoms with Crippen LogP contribution in [0.2, 0.25) is 0 Å². The molecule has 108 valence electrons. The summed E-state index contributed by atoms with van der Waals surface area (Å²) in [6.45, 7) is 6.26. The Kier molecular flexibility index (Phi) is 4.75. The van der Waals surface area contributed by atoms with Crippen LogP contribution in [0, 0.1) is 18.8 Å². The van der Waals surface area contributed by atoms with Crippen LogP contribution in [0.15, 0.2) is 14.1 Å². The Morgan fingerprint density at radius 2 is 2.05 bits per heavy atom. The molecule has 1 aromatic heterocycles. The summed E-state index contributed by atoms with van der Waals surface area (Å²) in [6.07, 6.45) is 3.24. The summed E-state index contributed by atoms with van der Waals surface area (Å²) in [4.78, 5) is 0. The molecule has 3 atom stereocenters. The Bertz CT molecular complexity index is 533. The van der Waals surface area contributed by atoms with E-state index in [1.54, 1.807) is 6.07 Å². The van der Waals surface area contributed by atoms with Gasteiger partial charge in [0.05, 0.1) is 3.79 Å². The highest BCUT2D eigenvalue weighted by atomic mass is 79.9. The lowest BCUT2D eigenvalue weighted by Crippen LogP contribution is -2.43. The number of nitrogens with one attached hydrogen (secondary N) is 1. The number of rotatable bonds is 3. The number of hydrogen-bond acceptors (Lipinski definition) is 3. The molecular formula is C13H20BrNO2S2. The van der Waals surface area contributed by atoms with Crippen LogP contribution in [0.1, 0.15) is 38.7 Å². The number of halogens is 1. The maximum atomic E-state index is 12.4. The fourth-order valence-corrected chi connectivity index (χ4v) is 6.17. The molecule has 3 nitrogen and oxygen atoms in total. The van der Waals surface area contributed by atoms with Crippen LogP contribution >= 0.6 is 27.3 Å². The molecule has 0 aliphatic heterocycles. The summed E-state index contributed by atoms with van der Waals surface area (Å²) < 4.78 is 29.0. The average molecular weight is 366 g/mol. The molecule has 1 N–H and O–H groups in total. The third kappa shape index (κ3) is 3.40. The zero-order valence-electron chi connectivity index (χ0n) is 11.4. The number of aryl methyl sites for hydroxylation is 1. The van der Waals surface area contributed by atoms with Crippen molar-refractivity contribution in [2.24, 2.45) is 11.8 Å². The van der Waals surface area contributed by atoms with Gasteiger partial charge in [0.25, 0.3) is 0 Å². The van der Waals surface area contributed by atoms with Crippen LogP contribution in [-0.4, -0.2) is 14.5 Å². The second-order valence-electron chi connectivity index (χ2n) is 5.52. The Morgan fingerprint density at radius 1 is 1.37 bits per heavy atom. The van der Waals surface area contributed by atoms with E-state index in [9.17, 15) is 8.42 Å². The van der Waals surface area contributed by atoms with Crippen molar-refractivity contribution in [2.45, 2.75) is 50.3 Å². The van der Waals surface area contributed by atoms with Gasteiger partial charge < -0.3 is 0 Å². The van der Waals surface area contributed by atoms with Gasteiger partial charge in [-0.05, 0) is 52.7 Å². The van der Waals surface area contributed by atoms with Gasteiger partial charge in [-0.15, -0.1) is 11.3 Å². The molecule has 1 fully saturated rings. The monoisotopic (exact) mass is 365 g/mol. The van der Waals surface area contributed by atoms with Crippen LogP contribution in [0.5, 0.6) is 0 Å². The fraction of sp³-hybridized carbons (Fsp3) is 0.692. The van der Waals surface area contributed by atoms with E-state index >= 15 is 0 Å². The number of thiophene rings is 1. The van der Waals surface area contributed by atoms with E-state index < -0.39 is 10.0 Å². The highest BCUT2D eigenvalue weighted by molar-refractivity contribution is 9.11. The van der Waals surface area contributed by atoms with Crippen molar-refractivity contribution in [3.63, 3.8) is 0 Å². The van der Waals surface area contributed by atoms with Crippen molar-refractivity contribution in [3.8, 4) is 0 Å². The Hall–Kier alpha value is 0.0900. The zero-order chi connectivity index (χ0) is 14.2. The predicted molar refractivity (Wildman–Crippen MR) is 83.0 cm³/mol. The first kappa shape index (κ1) is 15.5. The first-order valence-electron chi connectivity index (χ1n) is 6.59. The summed E-state index contributed by atoms with van der Waals surface area (Å²) in [6, 6.07) is 1.79. The number of sulfonamides is 1. The molecule has 1 saturated carbocycles. The summed E-state index contributed by atoms with van der Waals surface area (Å²) in [5.74, 6) is 0.978. The number of hydrogen-bond donors (Lipinski definition) is 1. The minimum absolute atomic E-state index is 0.0648. The van der Waals surface area contributed by atoms with Gasteiger partial charge in [0, 0.05) is 6.04 Å². The maximum absolute atomic E-state index is 12.4. The van der Waals surface area contributed by atoms with Crippen molar-refractivity contribution < 1.29 is 8.42 Å². The van der Waals surface area contributed by atoms with Crippen LogP contribution in [0.4, 0.5) is 0 Å². The van der Waals surface area contributed by atoms with Crippen LogP contribution in [0.25, 0.3) is 0 Å². The van der Waals surface area contributed by atoms with E-state index in [1.807, 2.05) is 6.92 Å².